The van der Waals surface area contributed by atoms with Crippen molar-refractivity contribution in [3.8, 4) is 0 Å². The van der Waals surface area contributed by atoms with Gasteiger partial charge in [-0.3, -0.25) is 9.59 Å². The number of rotatable bonds is 6. The summed E-state index contributed by atoms with van der Waals surface area (Å²) in [5.74, 6) is 0.440. The molecule has 1 aromatic rings. The summed E-state index contributed by atoms with van der Waals surface area (Å²) < 4.78 is 4.95. The van der Waals surface area contributed by atoms with Gasteiger partial charge in [-0.1, -0.05) is 13.8 Å². The Morgan fingerprint density at radius 3 is 2.67 bits per heavy atom. The molecule has 0 radical (unpaired) electrons. The Morgan fingerprint density at radius 1 is 1.40 bits per heavy atom. The molecule has 82 valence electrons. The minimum Gasteiger partial charge on any atom is -0.461 e. The molecule has 1 atom stereocenters. The zero-order chi connectivity index (χ0) is 11.3. The molecule has 0 aliphatic heterocycles. The second-order valence-electron chi connectivity index (χ2n) is 3.68. The van der Waals surface area contributed by atoms with E-state index in [1.807, 2.05) is 13.8 Å². The van der Waals surface area contributed by atoms with E-state index in [9.17, 15) is 9.59 Å². The molecule has 0 saturated heterocycles. The first-order valence-corrected chi connectivity index (χ1v) is 5.24. The Balaban J connectivity index is 2.38. The van der Waals surface area contributed by atoms with E-state index in [0.717, 1.165) is 6.42 Å². The average Bonchev–Trinajstić information content (AvgIpc) is 2.77. The highest BCUT2D eigenvalue weighted by molar-refractivity contribution is 5.96. The number of hydrogen-bond acceptors (Lipinski definition) is 3. The van der Waals surface area contributed by atoms with Gasteiger partial charge in [-0.2, -0.15) is 0 Å². The summed E-state index contributed by atoms with van der Waals surface area (Å²) in [6.45, 7) is 3.86. The van der Waals surface area contributed by atoms with Crippen molar-refractivity contribution < 1.29 is 14.0 Å². The summed E-state index contributed by atoms with van der Waals surface area (Å²) in [5.41, 5.74) is 0. The minimum absolute atomic E-state index is 0.0504. The number of ketones is 2. The van der Waals surface area contributed by atoms with Crippen molar-refractivity contribution in [3.63, 3.8) is 0 Å². The number of carbonyl (C=O) groups excluding carboxylic acids is 2. The van der Waals surface area contributed by atoms with Crippen LogP contribution in [0.25, 0.3) is 0 Å². The van der Waals surface area contributed by atoms with E-state index < -0.39 is 0 Å². The van der Waals surface area contributed by atoms with Crippen molar-refractivity contribution in [1.29, 1.82) is 0 Å². The van der Waals surface area contributed by atoms with Gasteiger partial charge < -0.3 is 4.42 Å². The Bertz CT molecular complexity index is 325. The van der Waals surface area contributed by atoms with E-state index in [1.165, 1.54) is 6.26 Å². The lowest BCUT2D eigenvalue weighted by atomic mass is 9.98. The highest BCUT2D eigenvalue weighted by Crippen LogP contribution is 2.10. The third-order valence-corrected chi connectivity index (χ3v) is 2.56. The van der Waals surface area contributed by atoms with Crippen LogP contribution in [-0.4, -0.2) is 11.6 Å². The Morgan fingerprint density at radius 2 is 2.13 bits per heavy atom. The van der Waals surface area contributed by atoms with Crippen molar-refractivity contribution in [3.05, 3.63) is 24.2 Å². The lowest BCUT2D eigenvalue weighted by Crippen LogP contribution is -2.11. The van der Waals surface area contributed by atoms with Crippen molar-refractivity contribution in [2.75, 3.05) is 0 Å². The SMILES string of the molecule is CCC(C)C(=O)CCC(=O)c1ccco1. The third-order valence-electron chi connectivity index (χ3n) is 2.56. The van der Waals surface area contributed by atoms with Crippen LogP contribution in [0.2, 0.25) is 0 Å². The van der Waals surface area contributed by atoms with E-state index in [-0.39, 0.29) is 23.9 Å². The van der Waals surface area contributed by atoms with Gasteiger partial charge in [0, 0.05) is 18.8 Å². The van der Waals surface area contributed by atoms with Crippen LogP contribution < -0.4 is 0 Å². The molecule has 15 heavy (non-hydrogen) atoms. The first-order chi connectivity index (χ1) is 7.15. The second-order valence-corrected chi connectivity index (χ2v) is 3.68. The zero-order valence-electron chi connectivity index (χ0n) is 9.16. The lowest BCUT2D eigenvalue weighted by molar-refractivity contribution is -0.122. The molecule has 0 aliphatic rings. The number of Topliss-reactive ketones (excluding diaryl/α,β-unsaturated/α-hetero) is 2. The maximum atomic E-state index is 11.5. The summed E-state index contributed by atoms with van der Waals surface area (Å²) in [7, 11) is 0. The predicted molar refractivity (Wildman–Crippen MR) is 56.7 cm³/mol. The van der Waals surface area contributed by atoms with Crippen molar-refractivity contribution in [2.24, 2.45) is 5.92 Å². The molecule has 0 N–H and O–H groups in total. The van der Waals surface area contributed by atoms with Gasteiger partial charge in [0.2, 0.25) is 0 Å². The molecule has 0 amide bonds. The monoisotopic (exact) mass is 208 g/mol. The van der Waals surface area contributed by atoms with Crippen LogP contribution in [0.15, 0.2) is 22.8 Å². The molecule has 0 bridgehead atoms. The maximum Gasteiger partial charge on any atom is 0.198 e. The van der Waals surface area contributed by atoms with Gasteiger partial charge in [-0.25, -0.2) is 0 Å². The van der Waals surface area contributed by atoms with Crippen LogP contribution >= 0.6 is 0 Å². The van der Waals surface area contributed by atoms with Gasteiger partial charge in [-0.05, 0) is 18.6 Å². The van der Waals surface area contributed by atoms with Crippen LogP contribution in [0.4, 0.5) is 0 Å². The van der Waals surface area contributed by atoms with Crippen molar-refractivity contribution in [1.82, 2.24) is 0 Å². The normalized spacial score (nSPS) is 12.4. The first-order valence-electron chi connectivity index (χ1n) is 5.24. The quantitative estimate of drug-likeness (QED) is 0.675. The van der Waals surface area contributed by atoms with Crippen molar-refractivity contribution >= 4 is 11.6 Å². The van der Waals surface area contributed by atoms with Crippen LogP contribution in [0.5, 0.6) is 0 Å². The smallest absolute Gasteiger partial charge is 0.198 e. The van der Waals surface area contributed by atoms with Gasteiger partial charge in [-0.15, -0.1) is 0 Å². The molecule has 0 aromatic carbocycles. The Hall–Kier alpha value is -1.38. The number of carbonyl (C=O) groups is 2. The summed E-state index contributed by atoms with van der Waals surface area (Å²) in [5, 5.41) is 0. The lowest BCUT2D eigenvalue weighted by Gasteiger charge is -2.05. The van der Waals surface area contributed by atoms with Crippen LogP contribution in [-0.2, 0) is 4.79 Å². The molecule has 3 nitrogen and oxygen atoms in total. The first kappa shape index (κ1) is 11.7. The van der Waals surface area contributed by atoms with Gasteiger partial charge in [0.15, 0.2) is 11.5 Å². The highest BCUT2D eigenvalue weighted by Gasteiger charge is 2.14. The molecule has 0 fully saturated rings. The largest absolute Gasteiger partial charge is 0.461 e. The second kappa shape index (κ2) is 5.49. The molecule has 1 heterocycles. The molecular formula is C12H16O3. The summed E-state index contributed by atoms with van der Waals surface area (Å²) in [6.07, 6.45) is 2.85. The molecule has 1 aromatic heterocycles. The van der Waals surface area contributed by atoms with Crippen LogP contribution in [0.3, 0.4) is 0 Å². The highest BCUT2D eigenvalue weighted by atomic mass is 16.3. The fraction of sp³-hybridized carbons (Fsp3) is 0.500. The van der Waals surface area contributed by atoms with E-state index >= 15 is 0 Å². The van der Waals surface area contributed by atoms with E-state index in [2.05, 4.69) is 0 Å². The maximum absolute atomic E-state index is 11.5. The Labute approximate surface area is 89.5 Å². The molecule has 1 rings (SSSR count). The van der Waals surface area contributed by atoms with Gasteiger partial charge >= 0.3 is 0 Å². The van der Waals surface area contributed by atoms with Crippen molar-refractivity contribution in [2.45, 2.75) is 33.1 Å². The van der Waals surface area contributed by atoms with E-state index in [4.69, 9.17) is 4.42 Å². The zero-order valence-corrected chi connectivity index (χ0v) is 9.16. The topological polar surface area (TPSA) is 47.3 Å². The number of furan rings is 1. The summed E-state index contributed by atoms with van der Waals surface area (Å²) >= 11 is 0. The van der Waals surface area contributed by atoms with Gasteiger partial charge in [0.1, 0.15) is 5.78 Å². The molecule has 3 heteroatoms. The van der Waals surface area contributed by atoms with Crippen LogP contribution in [0, 0.1) is 5.92 Å². The third kappa shape index (κ3) is 3.35. The summed E-state index contributed by atoms with van der Waals surface area (Å²) in [4.78, 5) is 22.9. The fourth-order valence-corrected chi connectivity index (χ4v) is 1.27. The van der Waals surface area contributed by atoms with Gasteiger partial charge in [0.05, 0.1) is 6.26 Å². The van der Waals surface area contributed by atoms with E-state index in [0.29, 0.717) is 12.2 Å². The van der Waals surface area contributed by atoms with Gasteiger partial charge in [0.25, 0.3) is 0 Å². The fourth-order valence-electron chi connectivity index (χ4n) is 1.27. The standard InChI is InChI=1S/C12H16O3/c1-3-9(2)10(13)6-7-11(14)12-5-4-8-15-12/h4-5,8-9H,3,6-7H2,1-2H3. The molecule has 0 saturated carbocycles. The average molecular weight is 208 g/mol. The molecule has 0 spiro atoms. The minimum atomic E-state index is -0.100. The summed E-state index contributed by atoms with van der Waals surface area (Å²) in [6, 6.07) is 3.29. The number of hydrogen-bond donors (Lipinski definition) is 0. The molecular weight excluding hydrogens is 192 g/mol. The molecule has 0 aliphatic carbocycles. The molecule has 1 unspecified atom stereocenters. The Kier molecular flexibility index (Phi) is 4.28. The van der Waals surface area contributed by atoms with Crippen LogP contribution in [0.1, 0.15) is 43.7 Å². The van der Waals surface area contributed by atoms with E-state index in [1.54, 1.807) is 12.1 Å². The predicted octanol–water partition coefficient (Wildman–Crippen LogP) is 2.86.